The lowest BCUT2D eigenvalue weighted by Gasteiger charge is -2.58. The fourth-order valence-corrected chi connectivity index (χ4v) is 6.59. The molecule has 1 saturated heterocycles. The quantitative estimate of drug-likeness (QED) is 0.302. The number of nitrogens with two attached hydrogens (primary N) is 1. The highest BCUT2D eigenvalue weighted by Crippen LogP contribution is 2.61. The number of likely N-dealkylation sites (tertiary alicyclic amines) is 1. The average Bonchev–Trinajstić information content (AvgIpc) is 3.55. The lowest BCUT2D eigenvalue weighted by atomic mass is 9.54. The van der Waals surface area contributed by atoms with Crippen LogP contribution >= 0.6 is 0 Å². The summed E-state index contributed by atoms with van der Waals surface area (Å²) >= 11 is 0. The van der Waals surface area contributed by atoms with Crippen LogP contribution in [0.15, 0.2) is 36.5 Å². The smallest absolute Gasteiger partial charge is 0.334 e. The molecule has 0 saturated carbocycles. The minimum absolute atomic E-state index is 0.0707. The first-order valence-electron chi connectivity index (χ1n) is 13.4. The lowest BCUT2D eigenvalue weighted by Crippen LogP contribution is -2.71. The summed E-state index contributed by atoms with van der Waals surface area (Å²) in [5, 5.41) is 25.2. The summed E-state index contributed by atoms with van der Waals surface area (Å²) in [5.41, 5.74) is 6.50. The van der Waals surface area contributed by atoms with Gasteiger partial charge in [-0.15, -0.1) is 0 Å². The Morgan fingerprint density at radius 2 is 2.21 bits per heavy atom. The zero-order valence-electron chi connectivity index (χ0n) is 22.6. The highest BCUT2D eigenvalue weighted by molar-refractivity contribution is 5.85. The molecule has 1 aliphatic carbocycles. The van der Waals surface area contributed by atoms with E-state index in [-0.39, 0.29) is 44.4 Å². The Labute approximate surface area is 227 Å². The van der Waals surface area contributed by atoms with Crippen LogP contribution in [0.3, 0.4) is 0 Å². The van der Waals surface area contributed by atoms with E-state index in [9.17, 15) is 19.8 Å². The van der Waals surface area contributed by atoms with Crippen molar-refractivity contribution in [1.82, 2.24) is 20.2 Å². The number of aliphatic hydroxyl groups excluding tert-OH is 1. The summed E-state index contributed by atoms with van der Waals surface area (Å²) in [7, 11) is 1.99. The number of carbonyl (C=O) groups is 2. The number of hydrogen-bond donors (Lipinski definition) is 5. The van der Waals surface area contributed by atoms with Gasteiger partial charge in [-0.05, 0) is 45.5 Å². The number of piperidine rings is 1. The number of nitrogens with one attached hydrogen (secondary N) is 2. The predicted molar refractivity (Wildman–Crippen MR) is 142 cm³/mol. The Balaban J connectivity index is 1.53. The second-order valence-corrected chi connectivity index (χ2v) is 10.9. The van der Waals surface area contributed by atoms with Crippen molar-refractivity contribution < 1.29 is 29.3 Å². The first-order chi connectivity index (χ1) is 18.7. The normalized spacial score (nSPS) is 28.4. The SMILES string of the molecule is Cc1ccc(CO)c2c1[C@]13CCN(C)[C@H](C)[C@]1(O)CC=C(OC(=O)[C@H](Cc1cnc[nH]1)NC(=O)CCN)[C@@H]3O2. The number of likely N-dealkylation sites (N-methyl/N-ethyl adjacent to an activating group) is 1. The molecular weight excluding hydrogens is 502 g/mol. The minimum atomic E-state index is -1.21. The van der Waals surface area contributed by atoms with E-state index >= 15 is 0 Å². The van der Waals surface area contributed by atoms with Crippen LogP contribution in [0.4, 0.5) is 0 Å². The van der Waals surface area contributed by atoms with Gasteiger partial charge < -0.3 is 40.6 Å². The lowest BCUT2D eigenvalue weighted by molar-refractivity contribution is -0.163. The third-order valence-electron chi connectivity index (χ3n) is 8.79. The molecule has 1 aromatic carbocycles. The Hall–Kier alpha value is -3.25. The van der Waals surface area contributed by atoms with Gasteiger partial charge in [0.1, 0.15) is 17.6 Å². The zero-order valence-corrected chi connectivity index (χ0v) is 22.6. The van der Waals surface area contributed by atoms with Crippen LogP contribution in [0, 0.1) is 6.92 Å². The van der Waals surface area contributed by atoms with Crippen LogP contribution in [-0.4, -0.2) is 80.9 Å². The molecule has 3 aliphatic rings. The van der Waals surface area contributed by atoms with Crippen LogP contribution in [-0.2, 0) is 32.8 Å². The topological polar surface area (TPSA) is 163 Å². The van der Waals surface area contributed by atoms with E-state index in [2.05, 4.69) is 20.2 Å². The molecule has 0 unspecified atom stereocenters. The van der Waals surface area contributed by atoms with E-state index in [0.29, 0.717) is 35.7 Å². The summed E-state index contributed by atoms with van der Waals surface area (Å²) < 4.78 is 12.6. The van der Waals surface area contributed by atoms with Gasteiger partial charge in [0.2, 0.25) is 5.91 Å². The average molecular weight is 540 g/mol. The minimum Gasteiger partial charge on any atom is -0.481 e. The number of aryl methyl sites for hydroxylation is 1. The number of aromatic nitrogens is 2. The van der Waals surface area contributed by atoms with Gasteiger partial charge >= 0.3 is 5.97 Å². The number of amides is 1. The van der Waals surface area contributed by atoms with Gasteiger partial charge in [-0.25, -0.2) is 9.78 Å². The summed E-state index contributed by atoms with van der Waals surface area (Å²) in [6.45, 7) is 4.60. The molecule has 1 spiro atoms. The van der Waals surface area contributed by atoms with Gasteiger partial charge in [-0.3, -0.25) is 4.79 Å². The van der Waals surface area contributed by atoms with Gasteiger partial charge in [0.05, 0.1) is 24.0 Å². The second kappa shape index (κ2) is 10.4. The number of aromatic amines is 1. The van der Waals surface area contributed by atoms with Gasteiger partial charge in [0.15, 0.2) is 6.10 Å². The van der Waals surface area contributed by atoms with Crippen molar-refractivity contribution in [2.75, 3.05) is 20.1 Å². The Kier molecular flexibility index (Phi) is 7.27. The monoisotopic (exact) mass is 539 g/mol. The van der Waals surface area contributed by atoms with Crippen molar-refractivity contribution in [3.8, 4) is 5.75 Å². The standard InChI is InChI=1S/C28H37N5O6/c1-16-4-5-18(14-34)24-23(16)27-9-11-33(3)17(2)28(27,37)8-6-21(25(27)39-24)38-26(36)20(32-22(35)7-10-29)12-19-13-30-15-31-19/h4-6,13,15,17,20,25,34,37H,7-12,14,29H2,1-3H3,(H,30,31)(H,32,35)/t17-,20+,25+,27+,28-/m1/s1. The van der Waals surface area contributed by atoms with E-state index in [4.69, 9.17) is 15.2 Å². The maximum Gasteiger partial charge on any atom is 0.334 e. The molecule has 0 radical (unpaired) electrons. The molecule has 6 N–H and O–H groups in total. The molecule has 39 heavy (non-hydrogen) atoms. The number of hydrogen-bond acceptors (Lipinski definition) is 9. The number of H-pyrrole nitrogens is 1. The van der Waals surface area contributed by atoms with Crippen LogP contribution in [0.1, 0.15) is 48.6 Å². The molecule has 2 aliphatic heterocycles. The summed E-state index contributed by atoms with van der Waals surface area (Å²) in [5.74, 6) is -0.184. The molecule has 5 rings (SSSR count). The van der Waals surface area contributed by atoms with E-state index in [1.807, 2.05) is 33.0 Å². The molecule has 0 bridgehead atoms. The number of imidazole rings is 1. The number of ether oxygens (including phenoxy) is 2. The fourth-order valence-electron chi connectivity index (χ4n) is 6.59. The fraction of sp³-hybridized carbons (Fsp3) is 0.536. The molecule has 1 aromatic heterocycles. The molecule has 11 nitrogen and oxygen atoms in total. The largest absolute Gasteiger partial charge is 0.481 e. The molecular formula is C28H37N5O6. The van der Waals surface area contributed by atoms with E-state index < -0.39 is 29.1 Å². The van der Waals surface area contributed by atoms with Crippen molar-refractivity contribution in [3.05, 3.63) is 58.9 Å². The van der Waals surface area contributed by atoms with Crippen LogP contribution in [0.2, 0.25) is 0 Å². The molecule has 210 valence electrons. The number of rotatable bonds is 8. The highest BCUT2D eigenvalue weighted by atomic mass is 16.6. The predicted octanol–water partition coefficient (Wildman–Crippen LogP) is 0.571. The Bertz CT molecular complexity index is 1280. The Morgan fingerprint density at radius 1 is 1.41 bits per heavy atom. The summed E-state index contributed by atoms with van der Waals surface area (Å²) in [6.07, 6.45) is 5.06. The van der Waals surface area contributed by atoms with Crippen molar-refractivity contribution in [2.45, 2.75) is 75.3 Å². The zero-order chi connectivity index (χ0) is 27.9. The highest BCUT2D eigenvalue weighted by Gasteiger charge is 2.69. The number of aliphatic hydroxyl groups is 2. The number of nitrogens with zero attached hydrogens (tertiary/aromatic N) is 2. The van der Waals surface area contributed by atoms with Gasteiger partial charge in [-0.1, -0.05) is 12.1 Å². The number of esters is 1. The van der Waals surface area contributed by atoms with E-state index in [1.54, 1.807) is 12.3 Å². The van der Waals surface area contributed by atoms with Gasteiger partial charge in [0.25, 0.3) is 0 Å². The first-order valence-corrected chi connectivity index (χ1v) is 13.4. The molecule has 11 heteroatoms. The Morgan fingerprint density at radius 3 is 2.90 bits per heavy atom. The molecule has 1 fully saturated rings. The van der Waals surface area contributed by atoms with Crippen LogP contribution in [0.5, 0.6) is 5.75 Å². The summed E-state index contributed by atoms with van der Waals surface area (Å²) in [4.78, 5) is 35.0. The number of benzene rings is 1. The van der Waals surface area contributed by atoms with Crippen LogP contribution < -0.4 is 15.8 Å². The van der Waals surface area contributed by atoms with Crippen LogP contribution in [0.25, 0.3) is 0 Å². The molecule has 5 atom stereocenters. The van der Waals surface area contributed by atoms with E-state index in [0.717, 1.165) is 11.1 Å². The maximum absolute atomic E-state index is 13.6. The van der Waals surface area contributed by atoms with Gasteiger partial charge in [-0.2, -0.15) is 0 Å². The first kappa shape index (κ1) is 27.3. The number of carbonyl (C=O) groups excluding carboxylic acids is 2. The third kappa shape index (κ3) is 4.33. The van der Waals surface area contributed by atoms with Crippen molar-refractivity contribution in [1.29, 1.82) is 0 Å². The molecule has 1 amide bonds. The van der Waals surface area contributed by atoms with Gasteiger partial charge in [0, 0.05) is 54.9 Å². The molecule has 2 aromatic rings. The molecule has 3 heterocycles. The number of fused-ring (bicyclic) bond motifs is 1. The van der Waals surface area contributed by atoms with Crippen molar-refractivity contribution >= 4 is 11.9 Å². The van der Waals surface area contributed by atoms with E-state index in [1.165, 1.54) is 6.33 Å². The van der Waals surface area contributed by atoms with Crippen molar-refractivity contribution in [2.24, 2.45) is 5.73 Å². The maximum atomic E-state index is 13.6. The second-order valence-electron chi connectivity index (χ2n) is 10.9. The summed E-state index contributed by atoms with van der Waals surface area (Å²) in [6, 6.07) is 2.56. The van der Waals surface area contributed by atoms with Crippen molar-refractivity contribution in [3.63, 3.8) is 0 Å². The third-order valence-corrected chi connectivity index (χ3v) is 8.79.